The third kappa shape index (κ3) is 2.20. The number of aliphatic carboxylic acids is 1. The van der Waals surface area contributed by atoms with Gasteiger partial charge >= 0.3 is 11.9 Å². The predicted molar refractivity (Wildman–Crippen MR) is 45.1 cm³/mol. The van der Waals surface area contributed by atoms with Gasteiger partial charge in [-0.25, -0.2) is 0 Å². The van der Waals surface area contributed by atoms with Crippen LogP contribution in [0.15, 0.2) is 0 Å². The van der Waals surface area contributed by atoms with E-state index in [-0.39, 0.29) is 5.97 Å². The Morgan fingerprint density at radius 3 is 2.23 bits per heavy atom. The number of carbonyl (C=O) groups excluding carboxylic acids is 1. The average molecular weight is 186 g/mol. The number of carboxylic acids is 1. The van der Waals surface area contributed by atoms with Gasteiger partial charge in [0.1, 0.15) is 0 Å². The summed E-state index contributed by atoms with van der Waals surface area (Å²) in [6.45, 7) is 0. The number of ether oxygens (including phenoxy) is 1. The number of carbonyl (C=O) groups is 2. The quantitative estimate of drug-likeness (QED) is 0.655. The van der Waals surface area contributed by atoms with E-state index in [4.69, 9.17) is 5.11 Å². The molecule has 2 atom stereocenters. The number of rotatable bonds is 2. The molecule has 0 amide bonds. The second-order valence-corrected chi connectivity index (χ2v) is 3.36. The lowest BCUT2D eigenvalue weighted by molar-refractivity contribution is -0.157. The van der Waals surface area contributed by atoms with Crippen molar-refractivity contribution in [2.75, 3.05) is 7.11 Å². The largest absolute Gasteiger partial charge is 0.481 e. The van der Waals surface area contributed by atoms with E-state index in [0.29, 0.717) is 12.8 Å². The Bertz CT molecular complexity index is 212. The first kappa shape index (κ1) is 10.0. The van der Waals surface area contributed by atoms with Crippen molar-refractivity contribution in [2.45, 2.75) is 25.7 Å². The predicted octanol–water partition coefficient (Wildman–Crippen LogP) is 1.05. The Hall–Kier alpha value is -1.06. The summed E-state index contributed by atoms with van der Waals surface area (Å²) in [5.41, 5.74) is 0. The molecular weight excluding hydrogens is 172 g/mol. The van der Waals surface area contributed by atoms with Crippen molar-refractivity contribution < 1.29 is 19.4 Å². The van der Waals surface area contributed by atoms with Crippen LogP contribution in [0.25, 0.3) is 0 Å². The maximum atomic E-state index is 11.2. The topological polar surface area (TPSA) is 63.6 Å². The first-order chi connectivity index (χ1) is 6.16. The third-order valence-electron chi connectivity index (χ3n) is 2.59. The summed E-state index contributed by atoms with van der Waals surface area (Å²) in [6, 6.07) is 0. The summed E-state index contributed by atoms with van der Waals surface area (Å²) < 4.78 is 4.57. The minimum atomic E-state index is -0.880. The Balaban J connectivity index is 2.67. The van der Waals surface area contributed by atoms with Crippen LogP contribution < -0.4 is 0 Å². The molecule has 74 valence electrons. The molecule has 1 rings (SSSR count). The van der Waals surface area contributed by atoms with Gasteiger partial charge in [0.25, 0.3) is 0 Å². The van der Waals surface area contributed by atoms with Crippen LogP contribution in [0.2, 0.25) is 0 Å². The Kier molecular flexibility index (Phi) is 3.28. The molecule has 0 heterocycles. The standard InChI is InChI=1S/C9H14O4/c1-13-9(12)7-5-3-2-4-6(7)8(10)11/h6-7H,2-5H2,1H3,(H,10,11)/t6-,7-/m1/s1. The zero-order chi connectivity index (χ0) is 9.84. The molecule has 0 radical (unpaired) electrons. The third-order valence-corrected chi connectivity index (χ3v) is 2.59. The maximum absolute atomic E-state index is 11.2. The lowest BCUT2D eigenvalue weighted by Crippen LogP contribution is -2.33. The Morgan fingerprint density at radius 1 is 1.23 bits per heavy atom. The summed E-state index contributed by atoms with van der Waals surface area (Å²) in [4.78, 5) is 22.0. The summed E-state index contributed by atoms with van der Waals surface area (Å²) in [5.74, 6) is -2.24. The van der Waals surface area contributed by atoms with Crippen molar-refractivity contribution in [3.63, 3.8) is 0 Å². The zero-order valence-electron chi connectivity index (χ0n) is 7.66. The van der Waals surface area contributed by atoms with E-state index in [1.807, 2.05) is 0 Å². The van der Waals surface area contributed by atoms with Crippen molar-refractivity contribution >= 4 is 11.9 Å². The number of hydrogen-bond donors (Lipinski definition) is 1. The fraction of sp³-hybridized carbons (Fsp3) is 0.778. The van der Waals surface area contributed by atoms with Gasteiger partial charge in [0.15, 0.2) is 0 Å². The molecule has 0 aliphatic heterocycles. The van der Waals surface area contributed by atoms with Crippen LogP contribution in [0.4, 0.5) is 0 Å². The molecule has 13 heavy (non-hydrogen) atoms. The van der Waals surface area contributed by atoms with E-state index < -0.39 is 17.8 Å². The van der Waals surface area contributed by atoms with E-state index in [2.05, 4.69) is 4.74 Å². The van der Waals surface area contributed by atoms with Gasteiger partial charge in [-0.3, -0.25) is 9.59 Å². The van der Waals surface area contributed by atoms with Crippen LogP contribution in [0, 0.1) is 11.8 Å². The molecule has 1 fully saturated rings. The minimum Gasteiger partial charge on any atom is -0.481 e. The van der Waals surface area contributed by atoms with Crippen LogP contribution in [-0.2, 0) is 14.3 Å². The summed E-state index contributed by atoms with van der Waals surface area (Å²) in [7, 11) is 1.30. The number of hydrogen-bond acceptors (Lipinski definition) is 3. The molecule has 0 unspecified atom stereocenters. The molecular formula is C9H14O4. The van der Waals surface area contributed by atoms with Crippen molar-refractivity contribution in [3.8, 4) is 0 Å². The lowest BCUT2D eigenvalue weighted by Gasteiger charge is -2.25. The second-order valence-electron chi connectivity index (χ2n) is 3.36. The summed E-state index contributed by atoms with van der Waals surface area (Å²) in [5, 5.41) is 8.85. The van der Waals surface area contributed by atoms with Crippen LogP contribution in [0.5, 0.6) is 0 Å². The van der Waals surface area contributed by atoms with Crippen molar-refractivity contribution in [2.24, 2.45) is 11.8 Å². The van der Waals surface area contributed by atoms with Gasteiger partial charge in [-0.05, 0) is 12.8 Å². The molecule has 0 saturated heterocycles. The van der Waals surface area contributed by atoms with E-state index in [1.165, 1.54) is 7.11 Å². The normalized spacial score (nSPS) is 28.1. The molecule has 0 aromatic heterocycles. The molecule has 1 saturated carbocycles. The van der Waals surface area contributed by atoms with Crippen molar-refractivity contribution in [1.29, 1.82) is 0 Å². The van der Waals surface area contributed by atoms with Gasteiger partial charge < -0.3 is 9.84 Å². The van der Waals surface area contributed by atoms with Gasteiger partial charge in [-0.1, -0.05) is 12.8 Å². The molecule has 0 bridgehead atoms. The molecule has 1 N–H and O–H groups in total. The molecule has 4 nitrogen and oxygen atoms in total. The highest BCUT2D eigenvalue weighted by molar-refractivity contribution is 5.81. The van der Waals surface area contributed by atoms with Gasteiger partial charge in [0.2, 0.25) is 0 Å². The van der Waals surface area contributed by atoms with Crippen LogP contribution >= 0.6 is 0 Å². The highest BCUT2D eigenvalue weighted by atomic mass is 16.5. The van der Waals surface area contributed by atoms with E-state index >= 15 is 0 Å². The molecule has 1 aliphatic rings. The minimum absolute atomic E-state index is 0.382. The van der Waals surface area contributed by atoms with Crippen LogP contribution in [0.3, 0.4) is 0 Å². The first-order valence-corrected chi connectivity index (χ1v) is 4.47. The van der Waals surface area contributed by atoms with Gasteiger partial charge in [-0.2, -0.15) is 0 Å². The van der Waals surface area contributed by atoms with E-state index in [1.54, 1.807) is 0 Å². The monoisotopic (exact) mass is 186 g/mol. The second kappa shape index (κ2) is 4.25. The first-order valence-electron chi connectivity index (χ1n) is 4.47. The highest BCUT2D eigenvalue weighted by Crippen LogP contribution is 2.30. The highest BCUT2D eigenvalue weighted by Gasteiger charge is 2.36. The maximum Gasteiger partial charge on any atom is 0.309 e. The SMILES string of the molecule is COC(=O)[C@@H]1CCCC[C@H]1C(=O)O. The number of methoxy groups -OCH3 is 1. The van der Waals surface area contributed by atoms with Crippen LogP contribution in [-0.4, -0.2) is 24.2 Å². The number of esters is 1. The Labute approximate surface area is 76.9 Å². The van der Waals surface area contributed by atoms with Crippen molar-refractivity contribution in [3.05, 3.63) is 0 Å². The molecule has 4 heteroatoms. The van der Waals surface area contributed by atoms with Crippen molar-refractivity contribution in [1.82, 2.24) is 0 Å². The molecule has 0 spiro atoms. The fourth-order valence-electron chi connectivity index (χ4n) is 1.86. The summed E-state index contributed by atoms with van der Waals surface area (Å²) in [6.07, 6.45) is 3.05. The van der Waals surface area contributed by atoms with Crippen LogP contribution in [0.1, 0.15) is 25.7 Å². The molecule has 0 aromatic rings. The van der Waals surface area contributed by atoms with Gasteiger partial charge in [-0.15, -0.1) is 0 Å². The number of carboxylic acid groups (broad SMARTS) is 1. The smallest absolute Gasteiger partial charge is 0.309 e. The summed E-state index contributed by atoms with van der Waals surface area (Å²) >= 11 is 0. The zero-order valence-corrected chi connectivity index (χ0v) is 7.66. The van der Waals surface area contributed by atoms with Gasteiger partial charge in [0, 0.05) is 0 Å². The Morgan fingerprint density at radius 2 is 1.77 bits per heavy atom. The van der Waals surface area contributed by atoms with E-state index in [9.17, 15) is 9.59 Å². The average Bonchev–Trinajstić information content (AvgIpc) is 2.16. The van der Waals surface area contributed by atoms with Gasteiger partial charge in [0.05, 0.1) is 18.9 Å². The lowest BCUT2D eigenvalue weighted by atomic mass is 9.79. The fourth-order valence-corrected chi connectivity index (χ4v) is 1.86. The molecule has 0 aromatic carbocycles. The van der Waals surface area contributed by atoms with E-state index in [0.717, 1.165) is 12.8 Å². The molecule has 1 aliphatic carbocycles.